The molecule has 0 saturated carbocycles. The fraction of sp³-hybridized carbons (Fsp3) is 0.333. The highest BCUT2D eigenvalue weighted by Gasteiger charge is 2.23. The molecule has 0 atom stereocenters. The van der Waals surface area contributed by atoms with Crippen LogP contribution in [0, 0.1) is 0 Å². The fourth-order valence-corrected chi connectivity index (χ4v) is 3.24. The van der Waals surface area contributed by atoms with Crippen LogP contribution in [0.4, 0.5) is 0 Å². The molecule has 1 aliphatic heterocycles. The van der Waals surface area contributed by atoms with E-state index in [1.54, 1.807) is 29.2 Å². The van der Waals surface area contributed by atoms with Crippen LogP contribution < -0.4 is 10.1 Å². The third kappa shape index (κ3) is 5.97. The molecule has 0 aliphatic carbocycles. The third-order valence-electron chi connectivity index (χ3n) is 4.53. The minimum atomic E-state index is -0.0359. The van der Waals surface area contributed by atoms with Gasteiger partial charge in [-0.15, -0.1) is 0 Å². The number of piperazine rings is 1. The summed E-state index contributed by atoms with van der Waals surface area (Å²) in [4.78, 5) is 28.5. The molecule has 0 aromatic heterocycles. The molecule has 2 aromatic rings. The zero-order valence-electron chi connectivity index (χ0n) is 15.6. The molecule has 1 fully saturated rings. The summed E-state index contributed by atoms with van der Waals surface area (Å²) in [5, 5.41) is 3.42. The number of nitrogens with one attached hydrogen (secondary N) is 1. The Morgan fingerprint density at radius 1 is 1.00 bits per heavy atom. The van der Waals surface area contributed by atoms with Gasteiger partial charge in [-0.25, -0.2) is 0 Å². The Morgan fingerprint density at radius 3 is 2.46 bits per heavy atom. The van der Waals surface area contributed by atoms with E-state index in [0.717, 1.165) is 5.75 Å². The van der Waals surface area contributed by atoms with E-state index in [1.165, 1.54) is 0 Å². The van der Waals surface area contributed by atoms with E-state index >= 15 is 0 Å². The van der Waals surface area contributed by atoms with Crippen molar-refractivity contribution in [2.24, 2.45) is 0 Å². The van der Waals surface area contributed by atoms with Crippen LogP contribution in [0.25, 0.3) is 0 Å². The Kier molecular flexibility index (Phi) is 7.28. The molecule has 148 valence electrons. The summed E-state index contributed by atoms with van der Waals surface area (Å²) < 4.78 is 5.56. The maximum atomic E-state index is 12.5. The first kappa shape index (κ1) is 20.2. The zero-order valence-corrected chi connectivity index (χ0v) is 16.4. The Hall–Kier alpha value is -2.57. The Labute approximate surface area is 170 Å². The number of halogens is 1. The van der Waals surface area contributed by atoms with Crippen molar-refractivity contribution >= 4 is 23.4 Å². The van der Waals surface area contributed by atoms with Gasteiger partial charge in [0.05, 0.1) is 13.1 Å². The van der Waals surface area contributed by atoms with Crippen molar-refractivity contribution in [3.05, 3.63) is 65.2 Å². The zero-order chi connectivity index (χ0) is 19.8. The van der Waals surface area contributed by atoms with Crippen LogP contribution in [-0.2, 0) is 4.79 Å². The summed E-state index contributed by atoms with van der Waals surface area (Å²) in [6.45, 7) is 3.73. The molecule has 28 heavy (non-hydrogen) atoms. The van der Waals surface area contributed by atoms with Gasteiger partial charge in [0.25, 0.3) is 5.91 Å². The number of hydrogen-bond donors (Lipinski definition) is 1. The standard InChI is InChI=1S/C21H24ClN3O3/c22-18-6-4-5-17(15-18)21(27)25-12-10-24(11-13-25)16-20(26)23-9-14-28-19-7-2-1-3-8-19/h1-8,15H,9-14,16H2,(H,23,26). The lowest BCUT2D eigenvalue weighted by molar-refractivity contribution is -0.122. The lowest BCUT2D eigenvalue weighted by Crippen LogP contribution is -2.51. The van der Waals surface area contributed by atoms with Gasteiger partial charge in [0.1, 0.15) is 12.4 Å². The van der Waals surface area contributed by atoms with Crippen LogP contribution in [0.2, 0.25) is 5.02 Å². The quantitative estimate of drug-likeness (QED) is 0.723. The van der Waals surface area contributed by atoms with Gasteiger partial charge in [-0.3, -0.25) is 14.5 Å². The second-order valence-corrected chi connectivity index (χ2v) is 7.03. The molecule has 2 amide bonds. The molecule has 1 N–H and O–H groups in total. The predicted molar refractivity (Wildman–Crippen MR) is 109 cm³/mol. The van der Waals surface area contributed by atoms with Gasteiger partial charge in [0, 0.05) is 36.8 Å². The Balaban J connectivity index is 1.34. The number of para-hydroxylation sites is 1. The van der Waals surface area contributed by atoms with Gasteiger partial charge in [0.15, 0.2) is 0 Å². The molecule has 0 unspecified atom stereocenters. The largest absolute Gasteiger partial charge is 0.492 e. The molecule has 6 nitrogen and oxygen atoms in total. The van der Waals surface area contributed by atoms with Gasteiger partial charge in [-0.05, 0) is 30.3 Å². The molecule has 0 bridgehead atoms. The number of nitrogens with zero attached hydrogens (tertiary/aromatic N) is 2. The second kappa shape index (κ2) is 10.1. The Morgan fingerprint density at radius 2 is 1.75 bits per heavy atom. The number of hydrogen-bond acceptors (Lipinski definition) is 4. The minimum absolute atomic E-state index is 0.0235. The summed E-state index contributed by atoms with van der Waals surface area (Å²) in [5.41, 5.74) is 0.595. The first-order valence-electron chi connectivity index (χ1n) is 9.33. The van der Waals surface area contributed by atoms with Crippen molar-refractivity contribution in [1.29, 1.82) is 0 Å². The topological polar surface area (TPSA) is 61.9 Å². The van der Waals surface area contributed by atoms with E-state index in [-0.39, 0.29) is 11.8 Å². The van der Waals surface area contributed by atoms with Crippen LogP contribution in [0.3, 0.4) is 0 Å². The highest BCUT2D eigenvalue weighted by molar-refractivity contribution is 6.30. The molecule has 7 heteroatoms. The van der Waals surface area contributed by atoms with E-state index in [2.05, 4.69) is 10.2 Å². The van der Waals surface area contributed by atoms with Crippen molar-refractivity contribution in [3.63, 3.8) is 0 Å². The molecular weight excluding hydrogens is 378 g/mol. The maximum absolute atomic E-state index is 12.5. The summed E-state index contributed by atoms with van der Waals surface area (Å²) >= 11 is 5.96. The lowest BCUT2D eigenvalue weighted by atomic mass is 10.2. The van der Waals surface area contributed by atoms with E-state index < -0.39 is 0 Å². The number of amides is 2. The van der Waals surface area contributed by atoms with Crippen molar-refractivity contribution in [1.82, 2.24) is 15.1 Å². The molecule has 1 heterocycles. The first-order valence-corrected chi connectivity index (χ1v) is 9.71. The summed E-state index contributed by atoms with van der Waals surface area (Å²) in [6.07, 6.45) is 0. The van der Waals surface area contributed by atoms with E-state index in [1.807, 2.05) is 30.3 Å². The SMILES string of the molecule is O=C(CN1CCN(C(=O)c2cccc(Cl)c2)CC1)NCCOc1ccccc1. The number of carbonyl (C=O) groups is 2. The molecule has 1 aliphatic rings. The highest BCUT2D eigenvalue weighted by atomic mass is 35.5. The molecule has 0 radical (unpaired) electrons. The summed E-state index contributed by atoms with van der Waals surface area (Å²) in [5.74, 6) is 0.730. The molecule has 1 saturated heterocycles. The average Bonchev–Trinajstić information content (AvgIpc) is 2.72. The van der Waals surface area contributed by atoms with Crippen molar-refractivity contribution in [2.45, 2.75) is 0 Å². The maximum Gasteiger partial charge on any atom is 0.253 e. The van der Waals surface area contributed by atoms with Crippen molar-refractivity contribution in [2.75, 3.05) is 45.9 Å². The summed E-state index contributed by atoms with van der Waals surface area (Å²) in [6, 6.07) is 16.5. The van der Waals surface area contributed by atoms with Crippen LogP contribution in [-0.4, -0.2) is 67.5 Å². The predicted octanol–water partition coefficient (Wildman–Crippen LogP) is 2.29. The van der Waals surface area contributed by atoms with Crippen molar-refractivity contribution < 1.29 is 14.3 Å². The van der Waals surface area contributed by atoms with Crippen LogP contribution in [0.15, 0.2) is 54.6 Å². The van der Waals surface area contributed by atoms with Gasteiger partial charge < -0.3 is 15.0 Å². The van der Waals surface area contributed by atoms with Gasteiger partial charge in [-0.2, -0.15) is 0 Å². The minimum Gasteiger partial charge on any atom is -0.492 e. The average molecular weight is 402 g/mol. The monoisotopic (exact) mass is 401 g/mol. The van der Waals surface area contributed by atoms with Gasteiger partial charge in [0.2, 0.25) is 5.91 Å². The normalized spacial score (nSPS) is 14.5. The van der Waals surface area contributed by atoms with Crippen LogP contribution in [0.1, 0.15) is 10.4 Å². The lowest BCUT2D eigenvalue weighted by Gasteiger charge is -2.34. The van der Waals surface area contributed by atoms with E-state index in [0.29, 0.717) is 56.5 Å². The fourth-order valence-electron chi connectivity index (χ4n) is 3.05. The molecule has 2 aromatic carbocycles. The van der Waals surface area contributed by atoms with E-state index in [4.69, 9.17) is 16.3 Å². The number of carbonyl (C=O) groups excluding carboxylic acids is 2. The van der Waals surface area contributed by atoms with Crippen LogP contribution in [0.5, 0.6) is 5.75 Å². The third-order valence-corrected chi connectivity index (χ3v) is 4.77. The van der Waals surface area contributed by atoms with Crippen molar-refractivity contribution in [3.8, 4) is 5.75 Å². The second-order valence-electron chi connectivity index (χ2n) is 6.59. The summed E-state index contributed by atoms with van der Waals surface area (Å²) in [7, 11) is 0. The highest BCUT2D eigenvalue weighted by Crippen LogP contribution is 2.14. The van der Waals surface area contributed by atoms with Gasteiger partial charge in [-0.1, -0.05) is 35.9 Å². The number of rotatable bonds is 7. The first-order chi connectivity index (χ1) is 13.6. The Bertz CT molecular complexity index is 792. The number of benzene rings is 2. The van der Waals surface area contributed by atoms with Crippen LogP contribution >= 0.6 is 11.6 Å². The molecule has 3 rings (SSSR count). The molecular formula is C21H24ClN3O3. The van der Waals surface area contributed by atoms with E-state index in [9.17, 15) is 9.59 Å². The smallest absolute Gasteiger partial charge is 0.253 e. The van der Waals surface area contributed by atoms with Gasteiger partial charge >= 0.3 is 0 Å². The molecule has 0 spiro atoms. The number of ether oxygens (including phenoxy) is 1.